The molecule has 0 aliphatic heterocycles. The van der Waals surface area contributed by atoms with Gasteiger partial charge in [0.2, 0.25) is 0 Å². The number of para-hydroxylation sites is 1. The SMILES string of the molecule is CCCNC(c1occc1Br)c1cccc2nccnc12. The first-order valence-electron chi connectivity index (χ1n) is 6.97. The van der Waals surface area contributed by atoms with Gasteiger partial charge in [-0.15, -0.1) is 0 Å². The van der Waals surface area contributed by atoms with E-state index in [1.807, 2.05) is 18.2 Å². The van der Waals surface area contributed by atoms with Crippen molar-refractivity contribution < 1.29 is 4.42 Å². The van der Waals surface area contributed by atoms with Crippen molar-refractivity contribution in [3.63, 3.8) is 0 Å². The molecule has 0 saturated carbocycles. The molecule has 0 radical (unpaired) electrons. The van der Waals surface area contributed by atoms with E-state index in [9.17, 15) is 0 Å². The van der Waals surface area contributed by atoms with Gasteiger partial charge in [-0.3, -0.25) is 9.97 Å². The predicted octanol–water partition coefficient (Wildman–Crippen LogP) is 4.07. The van der Waals surface area contributed by atoms with E-state index in [0.29, 0.717) is 0 Å². The van der Waals surface area contributed by atoms with Gasteiger partial charge in [0, 0.05) is 18.0 Å². The summed E-state index contributed by atoms with van der Waals surface area (Å²) in [6, 6.07) is 7.91. The molecule has 1 N–H and O–H groups in total. The quantitative estimate of drug-likeness (QED) is 0.757. The maximum absolute atomic E-state index is 5.67. The summed E-state index contributed by atoms with van der Waals surface area (Å²) in [4.78, 5) is 8.87. The molecule has 0 amide bonds. The van der Waals surface area contributed by atoms with Crippen molar-refractivity contribution in [2.45, 2.75) is 19.4 Å². The highest BCUT2D eigenvalue weighted by Gasteiger charge is 2.22. The van der Waals surface area contributed by atoms with Crippen molar-refractivity contribution >= 4 is 27.0 Å². The van der Waals surface area contributed by atoms with Crippen molar-refractivity contribution in [2.75, 3.05) is 6.54 Å². The smallest absolute Gasteiger partial charge is 0.139 e. The van der Waals surface area contributed by atoms with Crippen LogP contribution in [0, 0.1) is 0 Å². The molecule has 0 aliphatic carbocycles. The van der Waals surface area contributed by atoms with Crippen molar-refractivity contribution in [3.05, 3.63) is 58.7 Å². The number of rotatable bonds is 5. The second-order valence-electron chi connectivity index (χ2n) is 4.79. The van der Waals surface area contributed by atoms with Crippen molar-refractivity contribution in [2.24, 2.45) is 0 Å². The van der Waals surface area contributed by atoms with Crippen LogP contribution >= 0.6 is 15.9 Å². The van der Waals surface area contributed by atoms with E-state index in [2.05, 4.69) is 44.2 Å². The largest absolute Gasteiger partial charge is 0.466 e. The Kier molecular flexibility index (Phi) is 4.31. The van der Waals surface area contributed by atoms with Crippen LogP contribution in [-0.2, 0) is 0 Å². The first-order valence-corrected chi connectivity index (χ1v) is 7.76. The van der Waals surface area contributed by atoms with Gasteiger partial charge < -0.3 is 9.73 Å². The molecule has 4 nitrogen and oxygen atoms in total. The number of fused-ring (bicyclic) bond motifs is 1. The third-order valence-corrected chi connectivity index (χ3v) is 4.00. The molecule has 1 atom stereocenters. The zero-order valence-corrected chi connectivity index (χ0v) is 13.3. The highest BCUT2D eigenvalue weighted by Crippen LogP contribution is 2.32. The Morgan fingerprint density at radius 2 is 2.10 bits per heavy atom. The Labute approximate surface area is 131 Å². The molecule has 0 spiro atoms. The standard InChI is InChI=1S/C16H16BrN3O/c1-2-7-19-15(16-12(17)6-10-21-16)11-4-3-5-13-14(11)20-9-8-18-13/h3-6,8-10,15,19H,2,7H2,1H3. The summed E-state index contributed by atoms with van der Waals surface area (Å²) in [6.45, 7) is 3.04. The molecule has 21 heavy (non-hydrogen) atoms. The zero-order valence-electron chi connectivity index (χ0n) is 11.7. The average Bonchev–Trinajstić information content (AvgIpc) is 2.94. The molecule has 2 heterocycles. The summed E-state index contributed by atoms with van der Waals surface area (Å²) in [5.41, 5.74) is 2.86. The average molecular weight is 346 g/mol. The molecule has 108 valence electrons. The van der Waals surface area contributed by atoms with Crippen LogP contribution in [0.2, 0.25) is 0 Å². The number of halogens is 1. The fraction of sp³-hybridized carbons (Fsp3) is 0.250. The summed E-state index contributed by atoms with van der Waals surface area (Å²) < 4.78 is 6.62. The molecular formula is C16H16BrN3O. The lowest BCUT2D eigenvalue weighted by Gasteiger charge is -2.18. The zero-order chi connectivity index (χ0) is 14.7. The molecule has 3 aromatic rings. The Bertz CT molecular complexity index is 736. The van der Waals surface area contributed by atoms with Gasteiger partial charge in [0.25, 0.3) is 0 Å². The van der Waals surface area contributed by atoms with Gasteiger partial charge in [-0.05, 0) is 41.0 Å². The van der Waals surface area contributed by atoms with Crippen molar-refractivity contribution in [3.8, 4) is 0 Å². The number of hydrogen-bond acceptors (Lipinski definition) is 4. The molecule has 2 aromatic heterocycles. The minimum absolute atomic E-state index is 0.0466. The molecule has 0 saturated heterocycles. The van der Waals surface area contributed by atoms with E-state index >= 15 is 0 Å². The molecule has 1 aromatic carbocycles. The monoisotopic (exact) mass is 345 g/mol. The highest BCUT2D eigenvalue weighted by molar-refractivity contribution is 9.10. The van der Waals surface area contributed by atoms with E-state index in [4.69, 9.17) is 4.42 Å². The summed E-state index contributed by atoms with van der Waals surface area (Å²) >= 11 is 3.55. The van der Waals surface area contributed by atoms with Crippen LogP contribution in [-0.4, -0.2) is 16.5 Å². The Morgan fingerprint density at radius 1 is 1.24 bits per heavy atom. The minimum Gasteiger partial charge on any atom is -0.466 e. The van der Waals surface area contributed by atoms with Crippen LogP contribution in [0.1, 0.15) is 30.7 Å². The number of aromatic nitrogens is 2. The second-order valence-corrected chi connectivity index (χ2v) is 5.65. The van der Waals surface area contributed by atoms with Crippen molar-refractivity contribution in [1.82, 2.24) is 15.3 Å². The molecular weight excluding hydrogens is 330 g/mol. The van der Waals surface area contributed by atoms with E-state index in [1.165, 1.54) is 0 Å². The minimum atomic E-state index is -0.0466. The van der Waals surface area contributed by atoms with Gasteiger partial charge in [0.15, 0.2) is 0 Å². The predicted molar refractivity (Wildman–Crippen MR) is 86.1 cm³/mol. The van der Waals surface area contributed by atoms with Gasteiger partial charge in [0.1, 0.15) is 5.76 Å². The third kappa shape index (κ3) is 2.84. The van der Waals surface area contributed by atoms with Gasteiger partial charge in [-0.25, -0.2) is 0 Å². The van der Waals surface area contributed by atoms with E-state index in [1.54, 1.807) is 18.7 Å². The van der Waals surface area contributed by atoms with Crippen LogP contribution in [0.5, 0.6) is 0 Å². The van der Waals surface area contributed by atoms with Crippen LogP contribution in [0.25, 0.3) is 11.0 Å². The Hall–Kier alpha value is -1.72. The van der Waals surface area contributed by atoms with Gasteiger partial charge in [0.05, 0.1) is 27.8 Å². The maximum Gasteiger partial charge on any atom is 0.139 e. The summed E-state index contributed by atoms with van der Waals surface area (Å²) in [5.74, 6) is 0.863. The maximum atomic E-state index is 5.67. The summed E-state index contributed by atoms with van der Waals surface area (Å²) in [7, 11) is 0. The highest BCUT2D eigenvalue weighted by atomic mass is 79.9. The van der Waals surface area contributed by atoms with E-state index in [0.717, 1.165) is 39.8 Å². The van der Waals surface area contributed by atoms with Gasteiger partial charge in [-0.1, -0.05) is 19.1 Å². The molecule has 0 aliphatic rings. The topological polar surface area (TPSA) is 51.0 Å². The third-order valence-electron chi connectivity index (χ3n) is 3.35. The van der Waals surface area contributed by atoms with E-state index in [-0.39, 0.29) is 6.04 Å². The molecule has 1 unspecified atom stereocenters. The fourth-order valence-corrected chi connectivity index (χ4v) is 2.82. The molecule has 0 bridgehead atoms. The van der Waals surface area contributed by atoms with Crippen LogP contribution in [0.15, 0.2) is 51.8 Å². The van der Waals surface area contributed by atoms with Crippen molar-refractivity contribution in [1.29, 1.82) is 0 Å². The number of benzene rings is 1. The van der Waals surface area contributed by atoms with E-state index < -0.39 is 0 Å². The first kappa shape index (κ1) is 14.2. The number of nitrogens with zero attached hydrogens (tertiary/aromatic N) is 2. The van der Waals surface area contributed by atoms with Crippen LogP contribution in [0.4, 0.5) is 0 Å². The lowest BCUT2D eigenvalue weighted by molar-refractivity contribution is 0.445. The van der Waals surface area contributed by atoms with Crippen LogP contribution < -0.4 is 5.32 Å². The van der Waals surface area contributed by atoms with Crippen LogP contribution in [0.3, 0.4) is 0 Å². The second kappa shape index (κ2) is 6.37. The normalized spacial score (nSPS) is 12.7. The fourth-order valence-electron chi connectivity index (χ4n) is 2.39. The Morgan fingerprint density at radius 3 is 2.86 bits per heavy atom. The number of nitrogens with one attached hydrogen (secondary N) is 1. The van der Waals surface area contributed by atoms with Gasteiger partial charge >= 0.3 is 0 Å². The molecule has 3 rings (SSSR count). The summed E-state index contributed by atoms with van der Waals surface area (Å²) in [5, 5.41) is 3.53. The number of hydrogen-bond donors (Lipinski definition) is 1. The Balaban J connectivity index is 2.12. The molecule has 0 fully saturated rings. The number of furan rings is 1. The lowest BCUT2D eigenvalue weighted by Crippen LogP contribution is -2.23. The lowest BCUT2D eigenvalue weighted by atomic mass is 10.0. The first-order chi connectivity index (χ1) is 10.3. The summed E-state index contributed by atoms with van der Waals surface area (Å²) in [6.07, 6.45) is 6.17. The van der Waals surface area contributed by atoms with Gasteiger partial charge in [-0.2, -0.15) is 0 Å². The molecule has 5 heteroatoms.